The van der Waals surface area contributed by atoms with Crippen LogP contribution >= 0.6 is 0 Å². The van der Waals surface area contributed by atoms with Gasteiger partial charge in [0.15, 0.2) is 6.29 Å². The van der Waals surface area contributed by atoms with Crippen molar-refractivity contribution in [1.29, 1.82) is 0 Å². The molecule has 1 aliphatic rings. The zero-order valence-corrected chi connectivity index (χ0v) is 45.1. The minimum atomic E-state index is -1.57. The van der Waals surface area contributed by atoms with Gasteiger partial charge >= 0.3 is 0 Å². The molecular weight excluding hydrogens is 863 g/mol. The number of ether oxygens (including phenoxy) is 2. The van der Waals surface area contributed by atoms with E-state index in [1.165, 1.54) is 225 Å². The van der Waals surface area contributed by atoms with Gasteiger partial charge in [-0.3, -0.25) is 4.79 Å². The summed E-state index contributed by atoms with van der Waals surface area (Å²) >= 11 is 0. The molecule has 0 aromatic rings. The molecule has 0 bridgehead atoms. The lowest BCUT2D eigenvalue weighted by molar-refractivity contribution is -0.302. The number of aliphatic hydroxyl groups excluding tert-OH is 5. The Labute approximate surface area is 425 Å². The molecule has 9 heteroatoms. The Morgan fingerprint density at radius 2 is 0.826 bits per heavy atom. The fraction of sp³-hybridized carbons (Fsp3) is 0.883. The normalized spacial score (nSPS) is 19.7. The Morgan fingerprint density at radius 1 is 0.478 bits per heavy atom. The largest absolute Gasteiger partial charge is 0.394 e. The standard InChI is InChI=1S/C60H113NO8/c1-3-5-7-9-11-13-15-17-19-20-21-22-23-24-25-26-27-28-29-30-31-32-33-34-36-38-40-42-44-46-48-50-56(64)61-53(52-68-60-59(67)58(66)57(65)55(51-62)69-60)54(63)49-47-45-43-41-39-37-35-18-16-14-12-10-8-6-4-2/h24-25,39,41,47,49,53-55,57-60,62-63,65-67H,3-23,26-38,40,42-46,48,50-52H2,1-2H3,(H,61,64)/b25-24-,41-39+,49-47+. The maximum absolute atomic E-state index is 13.0. The molecule has 1 rings (SSSR count). The summed E-state index contributed by atoms with van der Waals surface area (Å²) in [6.07, 6.45) is 58.0. The van der Waals surface area contributed by atoms with Crippen molar-refractivity contribution in [2.75, 3.05) is 13.2 Å². The molecule has 0 spiro atoms. The molecule has 1 fully saturated rings. The molecule has 1 heterocycles. The average Bonchev–Trinajstić information content (AvgIpc) is 3.35. The highest BCUT2D eigenvalue weighted by Crippen LogP contribution is 2.23. The van der Waals surface area contributed by atoms with Gasteiger partial charge in [-0.05, 0) is 57.8 Å². The highest BCUT2D eigenvalue weighted by atomic mass is 16.7. The second-order valence-electron chi connectivity index (χ2n) is 20.8. The van der Waals surface area contributed by atoms with Crippen LogP contribution in [0, 0.1) is 0 Å². The van der Waals surface area contributed by atoms with Crippen molar-refractivity contribution >= 4 is 5.91 Å². The molecule has 0 saturated carbocycles. The first-order chi connectivity index (χ1) is 33.8. The summed E-state index contributed by atoms with van der Waals surface area (Å²) in [4.78, 5) is 13.0. The van der Waals surface area contributed by atoms with Gasteiger partial charge in [0.2, 0.25) is 5.91 Å². The summed E-state index contributed by atoms with van der Waals surface area (Å²) in [7, 11) is 0. The van der Waals surface area contributed by atoms with E-state index in [0.29, 0.717) is 6.42 Å². The third-order valence-corrected chi connectivity index (χ3v) is 14.2. The Kier molecular flexibility index (Phi) is 47.4. The minimum absolute atomic E-state index is 0.183. The quantitative estimate of drug-likeness (QED) is 0.0261. The molecule has 1 amide bonds. The Bertz CT molecular complexity index is 1180. The van der Waals surface area contributed by atoms with E-state index in [1.807, 2.05) is 6.08 Å². The summed E-state index contributed by atoms with van der Waals surface area (Å²) < 4.78 is 11.2. The highest BCUT2D eigenvalue weighted by molar-refractivity contribution is 5.76. The van der Waals surface area contributed by atoms with Crippen molar-refractivity contribution < 1.29 is 39.8 Å². The monoisotopic (exact) mass is 976 g/mol. The number of allylic oxidation sites excluding steroid dienone is 5. The van der Waals surface area contributed by atoms with Gasteiger partial charge in [0.1, 0.15) is 24.4 Å². The van der Waals surface area contributed by atoms with Gasteiger partial charge in [-0.1, -0.05) is 256 Å². The lowest BCUT2D eigenvalue weighted by Crippen LogP contribution is -2.60. The van der Waals surface area contributed by atoms with E-state index < -0.39 is 49.5 Å². The summed E-state index contributed by atoms with van der Waals surface area (Å²) in [5.41, 5.74) is 0. The Morgan fingerprint density at radius 3 is 1.22 bits per heavy atom. The molecule has 0 aromatic carbocycles. The Hall–Kier alpha value is -1.59. The first kappa shape index (κ1) is 65.4. The SMILES string of the molecule is CCCCCCCCCCC/C=C/CC/C=C/C(O)C(COC1OC(CO)C(O)C(O)C1O)NC(=O)CCCCCCCCCCCCCCCCC/C=C\CCCCCCCCCCCCCC. The van der Waals surface area contributed by atoms with Gasteiger partial charge in [0.25, 0.3) is 0 Å². The number of rotatable bonds is 51. The Balaban J connectivity index is 2.15. The average molecular weight is 977 g/mol. The number of hydrogen-bond acceptors (Lipinski definition) is 8. The number of hydrogen-bond donors (Lipinski definition) is 6. The van der Waals surface area contributed by atoms with E-state index in [2.05, 4.69) is 43.5 Å². The fourth-order valence-electron chi connectivity index (χ4n) is 9.46. The second-order valence-corrected chi connectivity index (χ2v) is 20.8. The van der Waals surface area contributed by atoms with E-state index >= 15 is 0 Å². The van der Waals surface area contributed by atoms with Crippen LogP contribution in [0.2, 0.25) is 0 Å². The molecule has 0 aliphatic carbocycles. The van der Waals surface area contributed by atoms with E-state index in [0.717, 1.165) is 38.5 Å². The van der Waals surface area contributed by atoms with Crippen LogP contribution in [0.25, 0.3) is 0 Å². The van der Waals surface area contributed by atoms with Gasteiger partial charge in [0.05, 0.1) is 25.4 Å². The summed E-state index contributed by atoms with van der Waals surface area (Å²) in [6, 6.07) is -0.820. The third-order valence-electron chi connectivity index (χ3n) is 14.2. The van der Waals surface area contributed by atoms with Gasteiger partial charge in [-0.25, -0.2) is 0 Å². The van der Waals surface area contributed by atoms with Crippen LogP contribution < -0.4 is 5.32 Å². The number of carbonyl (C=O) groups is 1. The van der Waals surface area contributed by atoms with Crippen molar-refractivity contribution in [2.24, 2.45) is 0 Å². The summed E-state index contributed by atoms with van der Waals surface area (Å²) in [5.74, 6) is -0.183. The summed E-state index contributed by atoms with van der Waals surface area (Å²) in [5, 5.41) is 54.4. The van der Waals surface area contributed by atoms with Crippen LogP contribution in [0.4, 0.5) is 0 Å². The van der Waals surface area contributed by atoms with E-state index in [4.69, 9.17) is 9.47 Å². The molecule has 406 valence electrons. The van der Waals surface area contributed by atoms with Crippen LogP contribution in [-0.2, 0) is 14.3 Å². The van der Waals surface area contributed by atoms with Crippen LogP contribution in [-0.4, -0.2) is 87.5 Å². The predicted molar refractivity (Wildman–Crippen MR) is 290 cm³/mol. The first-order valence-electron chi connectivity index (χ1n) is 29.7. The number of carbonyl (C=O) groups excluding carboxylic acids is 1. The molecule has 0 aromatic heterocycles. The van der Waals surface area contributed by atoms with Crippen LogP contribution in [0.3, 0.4) is 0 Å². The molecule has 7 atom stereocenters. The van der Waals surface area contributed by atoms with E-state index in [-0.39, 0.29) is 12.5 Å². The van der Waals surface area contributed by atoms with Crippen molar-refractivity contribution in [3.8, 4) is 0 Å². The third kappa shape index (κ3) is 39.6. The molecule has 1 aliphatic heterocycles. The molecule has 6 N–H and O–H groups in total. The highest BCUT2D eigenvalue weighted by Gasteiger charge is 2.44. The van der Waals surface area contributed by atoms with E-state index in [9.17, 15) is 30.3 Å². The maximum atomic E-state index is 13.0. The first-order valence-corrected chi connectivity index (χ1v) is 29.7. The number of nitrogens with one attached hydrogen (secondary N) is 1. The molecule has 9 nitrogen and oxygen atoms in total. The van der Waals surface area contributed by atoms with Crippen molar-refractivity contribution in [1.82, 2.24) is 5.32 Å². The van der Waals surface area contributed by atoms with Crippen molar-refractivity contribution in [3.05, 3.63) is 36.5 Å². The smallest absolute Gasteiger partial charge is 0.220 e. The molecule has 7 unspecified atom stereocenters. The number of unbranched alkanes of at least 4 members (excludes halogenated alkanes) is 37. The second kappa shape index (κ2) is 50.0. The molecule has 69 heavy (non-hydrogen) atoms. The number of aliphatic hydroxyl groups is 5. The summed E-state index contributed by atoms with van der Waals surface area (Å²) in [6.45, 7) is 3.78. The minimum Gasteiger partial charge on any atom is -0.394 e. The fourth-order valence-corrected chi connectivity index (χ4v) is 9.46. The van der Waals surface area contributed by atoms with Crippen LogP contribution in [0.5, 0.6) is 0 Å². The molecule has 0 radical (unpaired) electrons. The maximum Gasteiger partial charge on any atom is 0.220 e. The van der Waals surface area contributed by atoms with Crippen molar-refractivity contribution in [3.63, 3.8) is 0 Å². The van der Waals surface area contributed by atoms with Gasteiger partial charge in [-0.15, -0.1) is 0 Å². The topological polar surface area (TPSA) is 149 Å². The zero-order valence-electron chi connectivity index (χ0n) is 45.1. The van der Waals surface area contributed by atoms with Gasteiger partial charge < -0.3 is 40.3 Å². The van der Waals surface area contributed by atoms with Crippen LogP contribution in [0.15, 0.2) is 36.5 Å². The van der Waals surface area contributed by atoms with Gasteiger partial charge in [0, 0.05) is 6.42 Å². The zero-order chi connectivity index (χ0) is 50.1. The molecular formula is C60H113NO8. The lowest BCUT2D eigenvalue weighted by Gasteiger charge is -2.40. The molecule has 1 saturated heterocycles. The lowest BCUT2D eigenvalue weighted by atomic mass is 9.99. The van der Waals surface area contributed by atoms with Crippen LogP contribution in [0.1, 0.15) is 284 Å². The van der Waals surface area contributed by atoms with Crippen molar-refractivity contribution in [2.45, 2.75) is 326 Å². The van der Waals surface area contributed by atoms with E-state index in [1.54, 1.807) is 6.08 Å². The predicted octanol–water partition coefficient (Wildman–Crippen LogP) is 14.7. The van der Waals surface area contributed by atoms with Gasteiger partial charge in [-0.2, -0.15) is 0 Å². The number of amides is 1.